The number of ether oxygens (including phenoxy) is 1. The normalized spacial score (nSPS) is 12.0. The van der Waals surface area contributed by atoms with Gasteiger partial charge in [0, 0.05) is 24.5 Å². The molecule has 0 fully saturated rings. The second-order valence-electron chi connectivity index (χ2n) is 7.56. The van der Waals surface area contributed by atoms with Gasteiger partial charge in [-0.05, 0) is 62.7 Å². The van der Waals surface area contributed by atoms with E-state index in [1.807, 2.05) is 24.3 Å². The number of hydrogen-bond acceptors (Lipinski definition) is 6. The number of benzene rings is 2. The minimum absolute atomic E-state index is 0.183. The van der Waals surface area contributed by atoms with Crippen LogP contribution in [0.5, 0.6) is 0 Å². The Morgan fingerprint density at radius 3 is 2.46 bits per heavy atom. The fourth-order valence-electron chi connectivity index (χ4n) is 3.51. The van der Waals surface area contributed by atoms with E-state index in [1.54, 1.807) is 19.1 Å². The molecule has 7 nitrogen and oxygen atoms in total. The van der Waals surface area contributed by atoms with Gasteiger partial charge in [-0.3, -0.25) is 14.2 Å². The predicted molar refractivity (Wildman–Crippen MR) is 138 cm³/mol. The van der Waals surface area contributed by atoms with Crippen LogP contribution in [0.3, 0.4) is 0 Å². The highest BCUT2D eigenvalue weighted by atomic mass is 32.1. The number of amides is 1. The molecule has 35 heavy (non-hydrogen) atoms. The fourth-order valence-corrected chi connectivity index (χ4v) is 4.54. The van der Waals surface area contributed by atoms with Gasteiger partial charge >= 0.3 is 5.97 Å². The zero-order valence-corrected chi connectivity index (χ0v) is 20.7. The highest BCUT2D eigenvalue weighted by Gasteiger charge is 2.12. The molecule has 1 N–H and O–H groups in total. The lowest BCUT2D eigenvalue weighted by Crippen LogP contribution is -2.36. The molecular weight excluding hydrogens is 469 g/mol. The predicted octanol–water partition coefficient (Wildman–Crippen LogP) is 2.71. The van der Waals surface area contributed by atoms with Crippen LogP contribution in [0.15, 0.2) is 53.3 Å². The van der Waals surface area contributed by atoms with Gasteiger partial charge < -0.3 is 15.0 Å². The second-order valence-corrected chi connectivity index (χ2v) is 8.62. The minimum atomic E-state index is -0.608. The molecule has 0 saturated heterocycles. The molecule has 0 aliphatic rings. The Bertz CT molecular complexity index is 1360. The molecular formula is C26H28FN3O4S. The number of thiazole rings is 1. The molecule has 1 heterocycles. The van der Waals surface area contributed by atoms with E-state index in [-0.39, 0.29) is 23.5 Å². The average molecular weight is 498 g/mol. The Morgan fingerprint density at radius 1 is 1.11 bits per heavy atom. The van der Waals surface area contributed by atoms with E-state index in [0.717, 1.165) is 35.7 Å². The fraction of sp³-hybridized carbons (Fsp3) is 0.269. The van der Waals surface area contributed by atoms with Crippen LogP contribution in [0.1, 0.15) is 26.3 Å². The first kappa shape index (κ1) is 25.9. The van der Waals surface area contributed by atoms with E-state index in [4.69, 9.17) is 4.74 Å². The van der Waals surface area contributed by atoms with Gasteiger partial charge in [0.25, 0.3) is 5.56 Å². The number of carbonyl (C=O) groups is 2. The summed E-state index contributed by atoms with van der Waals surface area (Å²) >= 11 is 1.09. The molecule has 3 rings (SSSR count). The van der Waals surface area contributed by atoms with Gasteiger partial charge in [-0.15, -0.1) is 11.3 Å². The standard InChI is InChI=1S/C26H28FN3O4S/c1-4-29(5-2)21-12-10-18(11-13-21)14-22-26(33)30(24(35-22)16-25(32)34-6-3)17-23(31)28-20-9-7-8-19(27)15-20/h7-16H,4-6,17H2,1-3H3,(H,28,31)/b22-14-,24-16-. The van der Waals surface area contributed by atoms with Gasteiger partial charge in [-0.25, -0.2) is 9.18 Å². The first-order chi connectivity index (χ1) is 16.8. The summed E-state index contributed by atoms with van der Waals surface area (Å²) in [5.41, 5.74) is 1.77. The number of aromatic nitrogens is 1. The Labute approximate surface area is 206 Å². The molecule has 0 saturated carbocycles. The van der Waals surface area contributed by atoms with Crippen molar-refractivity contribution in [2.45, 2.75) is 27.3 Å². The molecule has 3 aromatic rings. The number of anilines is 2. The van der Waals surface area contributed by atoms with Crippen LogP contribution in [-0.2, 0) is 20.9 Å². The van der Waals surface area contributed by atoms with Crippen molar-refractivity contribution in [1.82, 2.24) is 4.57 Å². The van der Waals surface area contributed by atoms with Gasteiger partial charge in [-0.1, -0.05) is 18.2 Å². The van der Waals surface area contributed by atoms with Crippen molar-refractivity contribution in [3.05, 3.63) is 79.5 Å². The second kappa shape index (κ2) is 12.1. The molecule has 0 aliphatic carbocycles. The molecule has 0 unspecified atom stereocenters. The number of rotatable bonds is 9. The van der Waals surface area contributed by atoms with Crippen LogP contribution in [0.2, 0.25) is 0 Å². The van der Waals surface area contributed by atoms with Crippen molar-refractivity contribution in [2.75, 3.05) is 29.9 Å². The van der Waals surface area contributed by atoms with Gasteiger partial charge in [-0.2, -0.15) is 0 Å². The zero-order chi connectivity index (χ0) is 25.4. The van der Waals surface area contributed by atoms with Crippen LogP contribution in [0, 0.1) is 5.82 Å². The van der Waals surface area contributed by atoms with Crippen LogP contribution in [0.4, 0.5) is 15.8 Å². The quantitative estimate of drug-likeness (QED) is 0.460. The molecule has 184 valence electrons. The molecule has 0 spiro atoms. The summed E-state index contributed by atoms with van der Waals surface area (Å²) in [4.78, 5) is 40.1. The third kappa shape index (κ3) is 6.89. The minimum Gasteiger partial charge on any atom is -0.463 e. The van der Waals surface area contributed by atoms with E-state index < -0.39 is 23.3 Å². The first-order valence-corrected chi connectivity index (χ1v) is 12.2. The number of nitrogens with one attached hydrogen (secondary N) is 1. The smallest absolute Gasteiger partial charge is 0.333 e. The van der Waals surface area contributed by atoms with E-state index >= 15 is 0 Å². The van der Waals surface area contributed by atoms with Crippen LogP contribution >= 0.6 is 11.3 Å². The third-order valence-electron chi connectivity index (χ3n) is 5.19. The van der Waals surface area contributed by atoms with Crippen molar-refractivity contribution in [3.8, 4) is 0 Å². The van der Waals surface area contributed by atoms with Gasteiger partial charge in [0.2, 0.25) is 5.91 Å². The number of hydrogen-bond donors (Lipinski definition) is 1. The van der Waals surface area contributed by atoms with Crippen LogP contribution in [0.25, 0.3) is 12.2 Å². The van der Waals surface area contributed by atoms with E-state index in [2.05, 4.69) is 24.1 Å². The lowest BCUT2D eigenvalue weighted by atomic mass is 10.2. The molecule has 2 aromatic carbocycles. The summed E-state index contributed by atoms with van der Waals surface area (Å²) < 4.78 is 20.3. The van der Waals surface area contributed by atoms with Crippen molar-refractivity contribution >= 4 is 46.7 Å². The third-order valence-corrected chi connectivity index (χ3v) is 6.25. The van der Waals surface area contributed by atoms with Gasteiger partial charge in [0.1, 0.15) is 17.0 Å². The topological polar surface area (TPSA) is 80.6 Å². The summed E-state index contributed by atoms with van der Waals surface area (Å²) in [7, 11) is 0. The first-order valence-electron chi connectivity index (χ1n) is 11.3. The Kier molecular flexibility index (Phi) is 8.97. The summed E-state index contributed by atoms with van der Waals surface area (Å²) in [6, 6.07) is 13.3. The summed E-state index contributed by atoms with van der Waals surface area (Å²) in [5.74, 6) is -1.62. The lowest BCUT2D eigenvalue weighted by Gasteiger charge is -2.20. The van der Waals surface area contributed by atoms with Crippen molar-refractivity contribution in [2.24, 2.45) is 0 Å². The van der Waals surface area contributed by atoms with Crippen molar-refractivity contribution in [1.29, 1.82) is 0 Å². The lowest BCUT2D eigenvalue weighted by molar-refractivity contribution is -0.135. The van der Waals surface area contributed by atoms with Crippen molar-refractivity contribution in [3.63, 3.8) is 0 Å². The molecule has 0 atom stereocenters. The highest BCUT2D eigenvalue weighted by Crippen LogP contribution is 2.15. The van der Waals surface area contributed by atoms with E-state index in [9.17, 15) is 18.8 Å². The molecule has 1 aromatic heterocycles. The number of nitrogens with zero attached hydrogens (tertiary/aromatic N) is 2. The molecule has 1 amide bonds. The molecule has 0 bridgehead atoms. The summed E-state index contributed by atoms with van der Waals surface area (Å²) in [6.07, 6.45) is 2.92. The average Bonchev–Trinajstić information content (AvgIpc) is 3.09. The Morgan fingerprint density at radius 2 is 1.83 bits per heavy atom. The van der Waals surface area contributed by atoms with E-state index in [1.165, 1.54) is 28.8 Å². The summed E-state index contributed by atoms with van der Waals surface area (Å²) in [6.45, 7) is 7.47. The number of esters is 1. The maximum Gasteiger partial charge on any atom is 0.333 e. The van der Waals surface area contributed by atoms with E-state index in [0.29, 0.717) is 4.53 Å². The van der Waals surface area contributed by atoms with Gasteiger partial charge in [0.15, 0.2) is 0 Å². The maximum absolute atomic E-state index is 13.4. The SMILES string of the molecule is CCOC(=O)/C=c1\s/c(=C\c2ccc(N(CC)CC)cc2)c(=O)n1CC(=O)Nc1cccc(F)c1. The largest absolute Gasteiger partial charge is 0.463 e. The zero-order valence-electron chi connectivity index (χ0n) is 19.9. The number of halogens is 1. The maximum atomic E-state index is 13.4. The number of carbonyl (C=O) groups excluding carboxylic acids is 2. The highest BCUT2D eigenvalue weighted by molar-refractivity contribution is 7.07. The Balaban J connectivity index is 1.97. The Hall–Kier alpha value is -3.72. The summed E-state index contributed by atoms with van der Waals surface area (Å²) in [5, 5.41) is 2.57. The van der Waals surface area contributed by atoms with Crippen LogP contribution < -0.4 is 25.0 Å². The molecule has 0 radical (unpaired) electrons. The van der Waals surface area contributed by atoms with Crippen molar-refractivity contribution < 1.29 is 18.7 Å². The monoisotopic (exact) mass is 497 g/mol. The molecule has 9 heteroatoms. The molecule has 0 aliphatic heterocycles. The van der Waals surface area contributed by atoms with Crippen LogP contribution in [-0.4, -0.2) is 36.1 Å². The van der Waals surface area contributed by atoms with Gasteiger partial charge in [0.05, 0.1) is 17.2 Å².